The van der Waals surface area contributed by atoms with E-state index in [1.807, 2.05) is 36.9 Å². The van der Waals surface area contributed by atoms with Gasteiger partial charge in [-0.3, -0.25) is 19.8 Å². The molecule has 0 radical (unpaired) electrons. The number of rotatable bonds is 4. The van der Waals surface area contributed by atoms with Gasteiger partial charge in [-0.2, -0.15) is 0 Å². The van der Waals surface area contributed by atoms with Crippen molar-refractivity contribution in [2.45, 2.75) is 13.1 Å². The molecular weight excluding hydrogens is 248 g/mol. The van der Waals surface area contributed by atoms with Gasteiger partial charge < -0.3 is 0 Å². The molecule has 0 spiro atoms. The van der Waals surface area contributed by atoms with Gasteiger partial charge >= 0.3 is 0 Å². The molecule has 1 fully saturated rings. The second-order valence-electron chi connectivity index (χ2n) is 5.27. The molecule has 0 atom stereocenters. The summed E-state index contributed by atoms with van der Waals surface area (Å²) < 4.78 is 0. The highest BCUT2D eigenvalue weighted by Crippen LogP contribution is 2.10. The maximum absolute atomic E-state index is 4.18. The van der Waals surface area contributed by atoms with Gasteiger partial charge in [0.1, 0.15) is 0 Å². The van der Waals surface area contributed by atoms with Crippen LogP contribution < -0.4 is 0 Å². The lowest BCUT2D eigenvalue weighted by Gasteiger charge is -2.34. The van der Waals surface area contributed by atoms with Gasteiger partial charge in [0.05, 0.1) is 0 Å². The summed E-state index contributed by atoms with van der Waals surface area (Å²) in [6.07, 6.45) is 7.58. The predicted octanol–water partition coefficient (Wildman–Crippen LogP) is 1.79. The van der Waals surface area contributed by atoms with Crippen LogP contribution in [0.4, 0.5) is 0 Å². The zero-order chi connectivity index (χ0) is 13.6. The molecule has 0 amide bonds. The van der Waals surface area contributed by atoms with Crippen LogP contribution in [-0.2, 0) is 13.1 Å². The molecule has 3 rings (SSSR count). The molecule has 0 N–H and O–H groups in total. The summed E-state index contributed by atoms with van der Waals surface area (Å²) >= 11 is 0. The maximum Gasteiger partial charge on any atom is 0.0312 e. The summed E-state index contributed by atoms with van der Waals surface area (Å²) in [7, 11) is 0. The quantitative estimate of drug-likeness (QED) is 0.846. The van der Waals surface area contributed by atoms with E-state index in [1.54, 1.807) is 0 Å². The van der Waals surface area contributed by atoms with E-state index in [9.17, 15) is 0 Å². The second kappa shape index (κ2) is 6.59. The van der Waals surface area contributed by atoms with Crippen LogP contribution in [0, 0.1) is 0 Å². The number of aromatic nitrogens is 2. The Labute approximate surface area is 120 Å². The molecule has 1 aliphatic rings. The fourth-order valence-electron chi connectivity index (χ4n) is 2.61. The third-order valence-corrected chi connectivity index (χ3v) is 3.72. The molecular formula is C16H20N4. The average molecular weight is 268 g/mol. The molecule has 4 heteroatoms. The van der Waals surface area contributed by atoms with E-state index < -0.39 is 0 Å². The Morgan fingerprint density at radius 3 is 1.55 bits per heavy atom. The SMILES string of the molecule is c1cncc(CN2CCN(Cc3cccnc3)CC2)c1. The Morgan fingerprint density at radius 1 is 0.750 bits per heavy atom. The largest absolute Gasteiger partial charge is 0.296 e. The minimum Gasteiger partial charge on any atom is -0.296 e. The number of hydrogen-bond acceptors (Lipinski definition) is 4. The highest BCUT2D eigenvalue weighted by atomic mass is 15.3. The van der Waals surface area contributed by atoms with Crippen molar-refractivity contribution in [1.82, 2.24) is 19.8 Å². The van der Waals surface area contributed by atoms with E-state index in [1.165, 1.54) is 11.1 Å². The molecule has 3 heterocycles. The van der Waals surface area contributed by atoms with E-state index in [-0.39, 0.29) is 0 Å². The summed E-state index contributed by atoms with van der Waals surface area (Å²) in [5.41, 5.74) is 2.60. The second-order valence-corrected chi connectivity index (χ2v) is 5.27. The maximum atomic E-state index is 4.18. The normalized spacial score (nSPS) is 17.2. The third kappa shape index (κ3) is 3.62. The molecule has 20 heavy (non-hydrogen) atoms. The van der Waals surface area contributed by atoms with Crippen molar-refractivity contribution in [2.24, 2.45) is 0 Å². The Morgan fingerprint density at radius 2 is 1.20 bits per heavy atom. The molecule has 2 aromatic heterocycles. The van der Waals surface area contributed by atoms with Crippen LogP contribution in [0.2, 0.25) is 0 Å². The lowest BCUT2D eigenvalue weighted by molar-refractivity contribution is 0.122. The van der Waals surface area contributed by atoms with Crippen LogP contribution in [0.15, 0.2) is 49.1 Å². The minimum atomic E-state index is 1.01. The van der Waals surface area contributed by atoms with Crippen LogP contribution >= 0.6 is 0 Å². The number of hydrogen-bond donors (Lipinski definition) is 0. The van der Waals surface area contributed by atoms with Crippen molar-refractivity contribution >= 4 is 0 Å². The van der Waals surface area contributed by atoms with Gasteiger partial charge in [-0.15, -0.1) is 0 Å². The Bertz CT molecular complexity index is 457. The van der Waals surface area contributed by atoms with E-state index in [0.717, 1.165) is 39.3 Å². The number of nitrogens with zero attached hydrogens (tertiary/aromatic N) is 4. The van der Waals surface area contributed by atoms with Crippen molar-refractivity contribution in [2.75, 3.05) is 26.2 Å². The van der Waals surface area contributed by atoms with Gasteiger partial charge in [-0.25, -0.2) is 0 Å². The molecule has 104 valence electrons. The Kier molecular flexibility index (Phi) is 4.35. The van der Waals surface area contributed by atoms with Crippen LogP contribution in [0.5, 0.6) is 0 Å². The van der Waals surface area contributed by atoms with E-state index in [4.69, 9.17) is 0 Å². The van der Waals surface area contributed by atoms with E-state index >= 15 is 0 Å². The summed E-state index contributed by atoms with van der Waals surface area (Å²) in [4.78, 5) is 13.3. The molecule has 0 aliphatic carbocycles. The summed E-state index contributed by atoms with van der Waals surface area (Å²) in [5.74, 6) is 0. The molecule has 4 nitrogen and oxygen atoms in total. The lowest BCUT2D eigenvalue weighted by Crippen LogP contribution is -2.45. The molecule has 0 bridgehead atoms. The van der Waals surface area contributed by atoms with Crippen molar-refractivity contribution in [3.63, 3.8) is 0 Å². The van der Waals surface area contributed by atoms with Gasteiger partial charge in [0.25, 0.3) is 0 Å². The van der Waals surface area contributed by atoms with Gasteiger partial charge in [0, 0.05) is 64.1 Å². The van der Waals surface area contributed by atoms with E-state index in [2.05, 4.69) is 31.9 Å². The predicted molar refractivity (Wildman–Crippen MR) is 79.0 cm³/mol. The van der Waals surface area contributed by atoms with Crippen molar-refractivity contribution in [3.05, 3.63) is 60.2 Å². The zero-order valence-electron chi connectivity index (χ0n) is 11.7. The van der Waals surface area contributed by atoms with Crippen molar-refractivity contribution in [1.29, 1.82) is 0 Å². The van der Waals surface area contributed by atoms with Gasteiger partial charge in [0.15, 0.2) is 0 Å². The smallest absolute Gasteiger partial charge is 0.0312 e. The number of pyridine rings is 2. The van der Waals surface area contributed by atoms with Crippen LogP contribution in [0.1, 0.15) is 11.1 Å². The summed E-state index contributed by atoms with van der Waals surface area (Å²) in [5, 5.41) is 0. The van der Waals surface area contributed by atoms with Gasteiger partial charge in [-0.05, 0) is 23.3 Å². The van der Waals surface area contributed by atoms with Crippen LogP contribution in [0.3, 0.4) is 0 Å². The first-order chi connectivity index (χ1) is 9.90. The first-order valence-electron chi connectivity index (χ1n) is 7.13. The first-order valence-corrected chi connectivity index (χ1v) is 7.13. The molecule has 0 saturated carbocycles. The minimum absolute atomic E-state index is 1.01. The summed E-state index contributed by atoms with van der Waals surface area (Å²) in [6, 6.07) is 8.31. The number of piperazine rings is 1. The molecule has 0 aromatic carbocycles. The first kappa shape index (κ1) is 13.2. The highest BCUT2D eigenvalue weighted by Gasteiger charge is 2.16. The standard InChI is InChI=1S/C16H20N4/c1-3-15(11-17-5-1)13-19-7-9-20(10-8-19)14-16-4-2-6-18-12-16/h1-6,11-12H,7-10,13-14H2. The summed E-state index contributed by atoms with van der Waals surface area (Å²) in [6.45, 7) is 6.50. The van der Waals surface area contributed by atoms with Crippen LogP contribution in [-0.4, -0.2) is 45.9 Å². The highest BCUT2D eigenvalue weighted by molar-refractivity contribution is 5.09. The molecule has 2 aromatic rings. The van der Waals surface area contributed by atoms with Gasteiger partial charge in [-0.1, -0.05) is 12.1 Å². The Balaban J connectivity index is 1.47. The zero-order valence-corrected chi connectivity index (χ0v) is 11.7. The lowest BCUT2D eigenvalue weighted by atomic mass is 10.2. The van der Waals surface area contributed by atoms with Crippen molar-refractivity contribution in [3.8, 4) is 0 Å². The molecule has 0 unspecified atom stereocenters. The van der Waals surface area contributed by atoms with E-state index in [0.29, 0.717) is 0 Å². The Hall–Kier alpha value is -1.78. The fraction of sp³-hybridized carbons (Fsp3) is 0.375. The van der Waals surface area contributed by atoms with Crippen LogP contribution in [0.25, 0.3) is 0 Å². The fourth-order valence-corrected chi connectivity index (χ4v) is 2.61. The molecule has 1 aliphatic heterocycles. The topological polar surface area (TPSA) is 32.3 Å². The average Bonchev–Trinajstić information content (AvgIpc) is 2.51. The monoisotopic (exact) mass is 268 g/mol. The third-order valence-electron chi connectivity index (χ3n) is 3.72. The van der Waals surface area contributed by atoms with Crippen molar-refractivity contribution < 1.29 is 0 Å². The molecule has 1 saturated heterocycles. The van der Waals surface area contributed by atoms with Gasteiger partial charge in [0.2, 0.25) is 0 Å².